The van der Waals surface area contributed by atoms with Gasteiger partial charge >= 0.3 is 5.69 Å². The van der Waals surface area contributed by atoms with Gasteiger partial charge in [-0.05, 0) is 61.9 Å². The van der Waals surface area contributed by atoms with Crippen LogP contribution in [0.25, 0.3) is 5.69 Å². The predicted molar refractivity (Wildman–Crippen MR) is 190 cm³/mol. The van der Waals surface area contributed by atoms with Crippen molar-refractivity contribution in [3.63, 3.8) is 0 Å². The van der Waals surface area contributed by atoms with Crippen LogP contribution in [-0.4, -0.2) is 69.4 Å². The number of aromatic nitrogens is 5. The second kappa shape index (κ2) is 14.5. The molecule has 2 aliphatic heterocycles. The Labute approximate surface area is 299 Å². The summed E-state index contributed by atoms with van der Waals surface area (Å²) >= 11 is 12.8. The average molecular weight is 723 g/mol. The van der Waals surface area contributed by atoms with Gasteiger partial charge in [0.1, 0.15) is 30.6 Å². The van der Waals surface area contributed by atoms with Crippen LogP contribution in [0.15, 0.2) is 90.5 Å². The number of benzene rings is 3. The average Bonchev–Trinajstić information content (AvgIpc) is 3.88. The third-order valence-electron chi connectivity index (χ3n) is 9.32. The van der Waals surface area contributed by atoms with Crippen LogP contribution in [0, 0.1) is 5.82 Å². The first-order valence-electron chi connectivity index (χ1n) is 16.6. The van der Waals surface area contributed by atoms with Crippen molar-refractivity contribution >= 4 is 34.6 Å². The normalized spacial score (nSPS) is 20.0. The van der Waals surface area contributed by atoms with Gasteiger partial charge in [0, 0.05) is 60.9 Å². The number of ether oxygens (including phenoxy) is 3. The lowest BCUT2D eigenvalue weighted by Crippen LogP contribution is -2.46. The number of piperazine rings is 1. The maximum atomic E-state index is 15.3. The van der Waals surface area contributed by atoms with Crippen molar-refractivity contribution in [1.82, 2.24) is 23.9 Å². The Morgan fingerprint density at radius 2 is 1.76 bits per heavy atom. The first kappa shape index (κ1) is 34.1. The Bertz CT molecular complexity index is 1980. The minimum absolute atomic E-state index is 0.0311. The van der Waals surface area contributed by atoms with Crippen molar-refractivity contribution in [3.8, 4) is 11.4 Å². The van der Waals surface area contributed by atoms with E-state index >= 15 is 4.39 Å². The van der Waals surface area contributed by atoms with Crippen LogP contribution in [0.4, 0.5) is 15.8 Å². The Morgan fingerprint density at radius 3 is 2.46 bits per heavy atom. The summed E-state index contributed by atoms with van der Waals surface area (Å²) in [6.07, 6.45) is 7.13. The highest BCUT2D eigenvalue weighted by molar-refractivity contribution is 6.35. The van der Waals surface area contributed by atoms with Gasteiger partial charge in [0.25, 0.3) is 0 Å². The van der Waals surface area contributed by atoms with Gasteiger partial charge in [-0.1, -0.05) is 36.2 Å². The fourth-order valence-corrected chi connectivity index (χ4v) is 6.95. The molecule has 3 aromatic carbocycles. The molecule has 5 aromatic rings. The zero-order valence-electron chi connectivity index (χ0n) is 27.8. The summed E-state index contributed by atoms with van der Waals surface area (Å²) < 4.78 is 38.9. The minimum atomic E-state index is -1.12. The van der Waals surface area contributed by atoms with Gasteiger partial charge in [0.2, 0.25) is 5.79 Å². The predicted octanol–water partition coefficient (Wildman–Crippen LogP) is 6.32. The molecule has 2 fully saturated rings. The molecule has 11 nitrogen and oxygen atoms in total. The third-order valence-corrected chi connectivity index (χ3v) is 9.87. The smallest absolute Gasteiger partial charge is 0.350 e. The van der Waals surface area contributed by atoms with Gasteiger partial charge in [-0.3, -0.25) is 0 Å². The molecule has 0 amide bonds. The van der Waals surface area contributed by atoms with Crippen molar-refractivity contribution in [2.75, 3.05) is 49.2 Å². The standard InChI is InChI=1S/C36H38Cl2FN7O4/c1-3-25(2)46-35(47)45(24-41-46)28-7-11-34(33(39)19-28)44-16-14-43(15-17-44)27-5-8-29(9-6-27)48-20-30-21-49-36(50-30,22-42-13-12-40-23-42)31-10-4-26(37)18-32(31)38/h4-13,18-19,23-25,30H,3,14-17,20-22H2,1-2H3/t25?,30-,36-/m1/s1. The summed E-state index contributed by atoms with van der Waals surface area (Å²) in [4.78, 5) is 21.2. The van der Waals surface area contributed by atoms with Gasteiger partial charge < -0.3 is 28.6 Å². The van der Waals surface area contributed by atoms with E-state index in [9.17, 15) is 4.79 Å². The van der Waals surface area contributed by atoms with E-state index < -0.39 is 5.79 Å². The number of hydrogen-bond donors (Lipinski definition) is 0. The van der Waals surface area contributed by atoms with Crippen LogP contribution in [0.2, 0.25) is 10.0 Å². The van der Waals surface area contributed by atoms with Crippen LogP contribution < -0.4 is 20.2 Å². The van der Waals surface area contributed by atoms with Gasteiger partial charge in [-0.2, -0.15) is 5.10 Å². The molecule has 0 aliphatic carbocycles. The Hall–Kier alpha value is -4.36. The van der Waals surface area contributed by atoms with Crippen molar-refractivity contribution < 1.29 is 18.6 Å². The van der Waals surface area contributed by atoms with E-state index in [1.54, 1.807) is 36.8 Å². The van der Waals surface area contributed by atoms with E-state index in [1.165, 1.54) is 21.6 Å². The van der Waals surface area contributed by atoms with Crippen molar-refractivity contribution in [2.24, 2.45) is 0 Å². The molecule has 50 heavy (non-hydrogen) atoms. The van der Waals surface area contributed by atoms with Gasteiger partial charge in [0.15, 0.2) is 0 Å². The Morgan fingerprint density at radius 1 is 1.00 bits per heavy atom. The summed E-state index contributed by atoms with van der Waals surface area (Å²) in [5.74, 6) is -0.777. The molecule has 2 aromatic heterocycles. The monoisotopic (exact) mass is 721 g/mol. The summed E-state index contributed by atoms with van der Waals surface area (Å²) in [7, 11) is 0. The highest BCUT2D eigenvalue weighted by Crippen LogP contribution is 2.40. The molecule has 1 unspecified atom stereocenters. The third kappa shape index (κ3) is 6.98. The number of nitrogens with zero attached hydrogens (tertiary/aromatic N) is 7. The van der Waals surface area contributed by atoms with E-state index in [-0.39, 0.29) is 30.3 Å². The minimum Gasteiger partial charge on any atom is -0.491 e. The number of anilines is 2. The van der Waals surface area contributed by atoms with Gasteiger partial charge in [-0.15, -0.1) is 0 Å². The van der Waals surface area contributed by atoms with Crippen LogP contribution in [0.1, 0.15) is 31.9 Å². The molecule has 262 valence electrons. The van der Waals surface area contributed by atoms with E-state index in [0.29, 0.717) is 59.0 Å². The van der Waals surface area contributed by atoms with Crippen LogP contribution in [0.3, 0.4) is 0 Å². The molecule has 0 bridgehead atoms. The molecule has 0 spiro atoms. The van der Waals surface area contributed by atoms with Crippen molar-refractivity contribution in [1.29, 1.82) is 0 Å². The lowest BCUT2D eigenvalue weighted by atomic mass is 10.1. The maximum Gasteiger partial charge on any atom is 0.350 e. The molecule has 2 aliphatic rings. The first-order chi connectivity index (χ1) is 24.2. The van der Waals surface area contributed by atoms with Gasteiger partial charge in [-0.25, -0.2) is 23.4 Å². The van der Waals surface area contributed by atoms with E-state index in [0.717, 1.165) is 25.2 Å². The molecule has 2 saturated heterocycles. The molecule has 4 heterocycles. The molecule has 0 radical (unpaired) electrons. The first-order valence-corrected chi connectivity index (χ1v) is 17.4. The van der Waals surface area contributed by atoms with Crippen LogP contribution >= 0.6 is 23.2 Å². The van der Waals surface area contributed by atoms with Crippen molar-refractivity contribution in [2.45, 2.75) is 44.7 Å². The zero-order chi connectivity index (χ0) is 34.8. The summed E-state index contributed by atoms with van der Waals surface area (Å²) in [6, 6.07) is 18.1. The van der Waals surface area contributed by atoms with E-state index in [2.05, 4.69) is 15.0 Å². The topological polar surface area (TPSA) is 91.8 Å². The summed E-state index contributed by atoms with van der Waals surface area (Å²) in [6.45, 7) is 7.64. The maximum absolute atomic E-state index is 15.3. The van der Waals surface area contributed by atoms with Crippen LogP contribution in [-0.2, 0) is 21.8 Å². The lowest BCUT2D eigenvalue weighted by Gasteiger charge is -2.37. The molecule has 7 rings (SSSR count). The Balaban J connectivity index is 0.939. The SMILES string of the molecule is CCC(C)n1ncn(-c2ccc(N3CCN(c4ccc(OC[C@@H]5CO[C@@](Cn6ccnc6)(c6ccc(Cl)cc6Cl)O5)cc4)CC3)c(F)c2)c1=O. The number of imidazole rings is 1. The fourth-order valence-electron chi connectivity index (χ4n) is 6.39. The fraction of sp³-hybridized carbons (Fsp3) is 0.361. The zero-order valence-corrected chi connectivity index (χ0v) is 29.3. The lowest BCUT2D eigenvalue weighted by molar-refractivity contribution is -0.189. The highest BCUT2D eigenvalue weighted by Gasteiger charge is 2.45. The quantitative estimate of drug-likeness (QED) is 0.157. The molecular formula is C36H38Cl2FN7O4. The molecule has 14 heteroatoms. The molecule has 3 atom stereocenters. The summed E-state index contributed by atoms with van der Waals surface area (Å²) in [5, 5.41) is 5.19. The Kier molecular flexibility index (Phi) is 9.87. The highest BCUT2D eigenvalue weighted by atomic mass is 35.5. The number of halogens is 3. The van der Waals surface area contributed by atoms with Gasteiger partial charge in [0.05, 0.1) is 41.9 Å². The van der Waals surface area contributed by atoms with E-state index in [1.807, 2.05) is 59.8 Å². The summed E-state index contributed by atoms with van der Waals surface area (Å²) in [5.41, 5.74) is 2.44. The van der Waals surface area contributed by atoms with Crippen molar-refractivity contribution in [3.05, 3.63) is 118 Å². The molecular weight excluding hydrogens is 684 g/mol. The number of hydrogen-bond acceptors (Lipinski definition) is 8. The largest absolute Gasteiger partial charge is 0.491 e. The van der Waals surface area contributed by atoms with E-state index in [4.69, 9.17) is 37.4 Å². The number of rotatable bonds is 11. The second-order valence-corrected chi connectivity index (χ2v) is 13.4. The molecule has 0 saturated carbocycles. The second-order valence-electron chi connectivity index (χ2n) is 12.6. The molecule has 0 N–H and O–H groups in total. The van der Waals surface area contributed by atoms with Crippen LogP contribution in [0.5, 0.6) is 5.75 Å².